The zero-order valence-corrected chi connectivity index (χ0v) is 19.3. The smallest absolute Gasteiger partial charge is 0.335 e. The number of amides is 3. The lowest BCUT2D eigenvalue weighted by Crippen LogP contribution is -2.36. The van der Waals surface area contributed by atoms with Gasteiger partial charge >= 0.3 is 5.97 Å². The third-order valence-electron chi connectivity index (χ3n) is 5.26. The van der Waals surface area contributed by atoms with Gasteiger partial charge in [0.1, 0.15) is 6.54 Å². The second-order valence-electron chi connectivity index (χ2n) is 7.79. The van der Waals surface area contributed by atoms with Crippen molar-refractivity contribution in [2.45, 2.75) is 13.8 Å². The van der Waals surface area contributed by atoms with Gasteiger partial charge in [0, 0.05) is 23.3 Å². The van der Waals surface area contributed by atoms with Crippen LogP contribution >= 0.6 is 11.8 Å². The van der Waals surface area contributed by atoms with Crippen LogP contribution in [0.3, 0.4) is 0 Å². The Balaban J connectivity index is 1.52. The standard InChI is InChI=1S/C25H21N3O5S/c1-15-8-9-20(16(2)11-15)26-22(29)14-28-23(30)21(34-25(28)33)13-19-7-4-10-27(19)18-6-3-5-17(12-18)24(31)32/h3-13H,14H2,1-2H3,(H,26,29)(H,31,32). The molecule has 0 atom stereocenters. The number of hydrogen-bond donors (Lipinski definition) is 2. The average molecular weight is 476 g/mol. The molecule has 9 heteroatoms. The van der Waals surface area contributed by atoms with Crippen LogP contribution in [0.5, 0.6) is 0 Å². The highest BCUT2D eigenvalue weighted by Gasteiger charge is 2.36. The Hall–Kier alpha value is -4.11. The van der Waals surface area contributed by atoms with Gasteiger partial charge in [-0.1, -0.05) is 23.8 Å². The molecule has 1 fully saturated rings. The molecular weight excluding hydrogens is 454 g/mol. The summed E-state index contributed by atoms with van der Waals surface area (Å²) in [6.07, 6.45) is 3.29. The molecule has 3 amide bonds. The summed E-state index contributed by atoms with van der Waals surface area (Å²) in [6, 6.07) is 15.5. The molecule has 0 bridgehead atoms. The summed E-state index contributed by atoms with van der Waals surface area (Å²) in [6.45, 7) is 3.42. The molecule has 172 valence electrons. The fourth-order valence-electron chi connectivity index (χ4n) is 3.59. The Morgan fingerprint density at radius 1 is 1.06 bits per heavy atom. The molecule has 1 saturated heterocycles. The maximum atomic E-state index is 12.9. The van der Waals surface area contributed by atoms with Gasteiger partial charge in [0.05, 0.1) is 10.5 Å². The minimum atomic E-state index is -1.05. The molecule has 8 nitrogen and oxygen atoms in total. The number of nitrogens with one attached hydrogen (secondary N) is 1. The predicted octanol–water partition coefficient (Wildman–Crippen LogP) is 4.47. The highest BCUT2D eigenvalue weighted by Crippen LogP contribution is 2.32. The molecule has 2 heterocycles. The average Bonchev–Trinajstić information content (AvgIpc) is 3.36. The largest absolute Gasteiger partial charge is 0.478 e. The molecule has 0 saturated carbocycles. The summed E-state index contributed by atoms with van der Waals surface area (Å²) in [5, 5.41) is 11.5. The summed E-state index contributed by atoms with van der Waals surface area (Å²) < 4.78 is 1.72. The van der Waals surface area contributed by atoms with Gasteiger partial charge in [-0.25, -0.2) is 4.79 Å². The lowest BCUT2D eigenvalue weighted by atomic mass is 10.1. The van der Waals surface area contributed by atoms with E-state index in [-0.39, 0.29) is 10.5 Å². The molecule has 2 aromatic carbocycles. The molecule has 2 N–H and O–H groups in total. The van der Waals surface area contributed by atoms with Crippen LogP contribution in [0.4, 0.5) is 10.5 Å². The number of rotatable bonds is 6. The maximum absolute atomic E-state index is 12.9. The molecule has 0 unspecified atom stereocenters. The van der Waals surface area contributed by atoms with Crippen molar-refractivity contribution in [3.05, 3.63) is 88.1 Å². The zero-order chi connectivity index (χ0) is 24.4. The third kappa shape index (κ3) is 4.79. The van der Waals surface area contributed by atoms with E-state index in [1.54, 1.807) is 47.2 Å². The topological polar surface area (TPSA) is 109 Å². The first kappa shape index (κ1) is 23.1. The summed E-state index contributed by atoms with van der Waals surface area (Å²) in [7, 11) is 0. The van der Waals surface area contributed by atoms with Crippen LogP contribution in [0.25, 0.3) is 11.8 Å². The van der Waals surface area contributed by atoms with Crippen molar-refractivity contribution in [2.75, 3.05) is 11.9 Å². The van der Waals surface area contributed by atoms with Crippen LogP contribution in [0.15, 0.2) is 65.7 Å². The maximum Gasteiger partial charge on any atom is 0.335 e. The number of carboxylic acids is 1. The van der Waals surface area contributed by atoms with Gasteiger partial charge in [-0.05, 0) is 73.6 Å². The molecule has 4 rings (SSSR count). The molecule has 1 aromatic heterocycles. The number of aromatic nitrogens is 1. The van der Waals surface area contributed by atoms with Crippen LogP contribution in [0, 0.1) is 13.8 Å². The molecule has 1 aliphatic heterocycles. The molecule has 1 aliphatic rings. The van der Waals surface area contributed by atoms with E-state index in [9.17, 15) is 24.3 Å². The number of benzene rings is 2. The van der Waals surface area contributed by atoms with E-state index in [2.05, 4.69) is 5.32 Å². The Kier molecular flexibility index (Phi) is 6.38. The second-order valence-corrected chi connectivity index (χ2v) is 8.79. The van der Waals surface area contributed by atoms with E-state index in [1.807, 2.05) is 26.0 Å². The van der Waals surface area contributed by atoms with Crippen LogP contribution in [0.2, 0.25) is 0 Å². The number of nitrogens with zero attached hydrogens (tertiary/aromatic N) is 2. The SMILES string of the molecule is Cc1ccc(NC(=O)CN2C(=O)SC(=Cc3cccn3-c3cccc(C(=O)O)c3)C2=O)c(C)c1. The molecular formula is C25H21N3O5S. The van der Waals surface area contributed by atoms with Crippen LogP contribution in [-0.2, 0) is 9.59 Å². The minimum Gasteiger partial charge on any atom is -0.478 e. The van der Waals surface area contributed by atoms with Crippen molar-refractivity contribution < 1.29 is 24.3 Å². The fourth-order valence-corrected chi connectivity index (χ4v) is 4.42. The van der Waals surface area contributed by atoms with Crippen molar-refractivity contribution in [1.82, 2.24) is 9.47 Å². The summed E-state index contributed by atoms with van der Waals surface area (Å²) >= 11 is 0.756. The zero-order valence-electron chi connectivity index (χ0n) is 18.4. The number of hydrogen-bond acceptors (Lipinski definition) is 5. The first-order chi connectivity index (χ1) is 16.2. The highest BCUT2D eigenvalue weighted by molar-refractivity contribution is 8.18. The number of carboxylic acid groups (broad SMARTS) is 1. The van der Waals surface area contributed by atoms with Crippen molar-refractivity contribution in [2.24, 2.45) is 0 Å². The van der Waals surface area contributed by atoms with E-state index in [0.29, 0.717) is 17.1 Å². The number of anilines is 1. The predicted molar refractivity (Wildman–Crippen MR) is 130 cm³/mol. The van der Waals surface area contributed by atoms with Gasteiger partial charge in [0.2, 0.25) is 5.91 Å². The summed E-state index contributed by atoms with van der Waals surface area (Å²) in [5.41, 5.74) is 3.89. The normalized spacial score (nSPS) is 14.6. The van der Waals surface area contributed by atoms with Crippen molar-refractivity contribution >= 4 is 46.5 Å². The lowest BCUT2D eigenvalue weighted by Gasteiger charge is -2.14. The first-order valence-corrected chi connectivity index (χ1v) is 11.2. The number of aryl methyl sites for hydroxylation is 2. The van der Waals surface area contributed by atoms with Crippen LogP contribution in [-0.4, -0.2) is 44.1 Å². The Bertz CT molecular complexity index is 1360. The van der Waals surface area contributed by atoms with Gasteiger partial charge in [-0.3, -0.25) is 19.3 Å². The van der Waals surface area contributed by atoms with E-state index in [0.717, 1.165) is 27.8 Å². The molecule has 3 aromatic rings. The van der Waals surface area contributed by atoms with Gasteiger partial charge in [0.15, 0.2) is 0 Å². The fraction of sp³-hybridized carbons (Fsp3) is 0.120. The number of aromatic carboxylic acids is 1. The number of carbonyl (C=O) groups is 4. The monoisotopic (exact) mass is 475 g/mol. The van der Waals surface area contributed by atoms with Crippen molar-refractivity contribution in [1.29, 1.82) is 0 Å². The van der Waals surface area contributed by atoms with E-state index in [4.69, 9.17) is 0 Å². The van der Waals surface area contributed by atoms with Crippen molar-refractivity contribution in [3.8, 4) is 5.69 Å². The van der Waals surface area contributed by atoms with Gasteiger partial charge in [-0.2, -0.15) is 0 Å². The molecule has 0 radical (unpaired) electrons. The molecule has 34 heavy (non-hydrogen) atoms. The molecule has 0 aliphatic carbocycles. The highest BCUT2D eigenvalue weighted by atomic mass is 32.2. The summed E-state index contributed by atoms with van der Waals surface area (Å²) in [4.78, 5) is 50.2. The Labute approximate surface area is 199 Å². The summed E-state index contributed by atoms with van der Waals surface area (Å²) in [5.74, 6) is -2.07. The number of carbonyl (C=O) groups excluding carboxylic acids is 3. The van der Waals surface area contributed by atoms with Crippen molar-refractivity contribution in [3.63, 3.8) is 0 Å². The molecule has 0 spiro atoms. The Morgan fingerprint density at radius 3 is 2.59 bits per heavy atom. The van der Waals surface area contributed by atoms with Gasteiger partial charge in [-0.15, -0.1) is 0 Å². The quantitative estimate of drug-likeness (QED) is 0.510. The second kappa shape index (κ2) is 9.40. The van der Waals surface area contributed by atoms with E-state index >= 15 is 0 Å². The third-order valence-corrected chi connectivity index (χ3v) is 6.17. The van der Waals surface area contributed by atoms with Gasteiger partial charge < -0.3 is 15.0 Å². The number of thioether (sulfide) groups is 1. The van der Waals surface area contributed by atoms with E-state index < -0.39 is 29.6 Å². The minimum absolute atomic E-state index is 0.132. The van der Waals surface area contributed by atoms with E-state index in [1.165, 1.54) is 12.1 Å². The Morgan fingerprint density at radius 2 is 1.85 bits per heavy atom. The first-order valence-electron chi connectivity index (χ1n) is 10.4. The lowest BCUT2D eigenvalue weighted by molar-refractivity contribution is -0.127. The van der Waals surface area contributed by atoms with Crippen LogP contribution in [0.1, 0.15) is 27.2 Å². The van der Waals surface area contributed by atoms with Crippen LogP contribution < -0.4 is 5.32 Å². The number of imide groups is 1. The van der Waals surface area contributed by atoms with Gasteiger partial charge in [0.25, 0.3) is 11.1 Å².